The number of benzene rings is 3. The van der Waals surface area contributed by atoms with Crippen molar-refractivity contribution in [2.24, 2.45) is 11.8 Å². The van der Waals surface area contributed by atoms with E-state index in [-0.39, 0.29) is 43.5 Å². The molecule has 0 aliphatic rings. The van der Waals surface area contributed by atoms with Crippen molar-refractivity contribution in [3.8, 4) is 11.3 Å². The van der Waals surface area contributed by atoms with Crippen LogP contribution in [0.15, 0.2) is 72.7 Å². The van der Waals surface area contributed by atoms with Crippen LogP contribution in [0.4, 0.5) is 0 Å². The van der Waals surface area contributed by atoms with Crippen LogP contribution < -0.4 is 5.19 Å². The number of aliphatic hydroxyl groups is 1. The van der Waals surface area contributed by atoms with Crippen molar-refractivity contribution in [3.63, 3.8) is 0 Å². The predicted octanol–water partition coefficient (Wildman–Crippen LogP) is 9.88. The van der Waals surface area contributed by atoms with Gasteiger partial charge in [0.1, 0.15) is 6.33 Å². The third-order valence-corrected chi connectivity index (χ3v) is 11.2. The van der Waals surface area contributed by atoms with Gasteiger partial charge in [-0.1, -0.05) is 93.8 Å². The van der Waals surface area contributed by atoms with Gasteiger partial charge in [0.15, 0.2) is 5.78 Å². The van der Waals surface area contributed by atoms with Crippen molar-refractivity contribution < 1.29 is 31.4 Å². The molecule has 7 heteroatoms. The molecule has 0 unspecified atom stereocenters. The second kappa shape index (κ2) is 15.3. The largest absolute Gasteiger partial charge is 0.512 e. The summed E-state index contributed by atoms with van der Waals surface area (Å²) in [5.41, 5.74) is 2.70. The molecular weight excluding hydrogens is 745 g/mol. The molecule has 0 aliphatic heterocycles. The number of thiophene rings is 1. The van der Waals surface area contributed by atoms with Gasteiger partial charge in [0, 0.05) is 59.9 Å². The van der Waals surface area contributed by atoms with Gasteiger partial charge in [0.25, 0.3) is 0 Å². The van der Waals surface area contributed by atoms with Crippen LogP contribution in [0.3, 0.4) is 0 Å². The van der Waals surface area contributed by atoms with Gasteiger partial charge in [-0.05, 0) is 31.7 Å². The molecule has 43 heavy (non-hydrogen) atoms. The minimum absolute atomic E-state index is 0. The number of aromatic nitrogens is 2. The van der Waals surface area contributed by atoms with Crippen LogP contribution in [0.5, 0.6) is 0 Å². The molecule has 5 rings (SSSR count). The molecule has 2 heterocycles. The van der Waals surface area contributed by atoms with Crippen molar-refractivity contribution in [1.29, 1.82) is 0 Å². The molecule has 0 aliphatic carbocycles. The van der Waals surface area contributed by atoms with Crippen LogP contribution in [0.1, 0.15) is 54.7 Å². The first-order chi connectivity index (χ1) is 20.5. The molecule has 1 N–H and O–H groups in total. The maximum absolute atomic E-state index is 11.7. The number of nitrogens with zero attached hydrogens (tertiary/aromatic N) is 2. The number of aliphatic hydroxyl groups excluding tert-OH is 1. The number of ketones is 1. The van der Waals surface area contributed by atoms with Crippen molar-refractivity contribution in [1.82, 2.24) is 9.97 Å². The molecule has 229 valence electrons. The quantitative estimate of drug-likeness (QED) is 0.0700. The van der Waals surface area contributed by atoms with Crippen molar-refractivity contribution in [2.75, 3.05) is 0 Å². The van der Waals surface area contributed by atoms with E-state index >= 15 is 0 Å². The van der Waals surface area contributed by atoms with E-state index in [1.807, 2.05) is 58.0 Å². The molecule has 0 fully saturated rings. The Bertz CT molecular complexity index is 1770. The summed E-state index contributed by atoms with van der Waals surface area (Å²) < 4.78 is 10.7. The molecule has 0 bridgehead atoms. The zero-order valence-corrected chi connectivity index (χ0v) is 30.5. The SMILES string of the molecule is CCC(CC)C(=O)/C=C(\O)C(CC)CC.[2H]c1cc(-c2ncnc3c2sc2cc([Si](C)(C)C)ccc23)[c-]c2ccccc12.[Ir]. The molecule has 0 saturated heterocycles. The van der Waals surface area contributed by atoms with E-state index in [9.17, 15) is 9.90 Å². The summed E-state index contributed by atoms with van der Waals surface area (Å²) in [4.78, 5) is 20.9. The number of allylic oxidation sites excluding steroid dienone is 2. The summed E-state index contributed by atoms with van der Waals surface area (Å²) >= 11 is 1.74. The molecule has 0 atom stereocenters. The van der Waals surface area contributed by atoms with Crippen LogP contribution in [-0.4, -0.2) is 28.9 Å². The van der Waals surface area contributed by atoms with E-state index in [2.05, 4.69) is 53.9 Å². The summed E-state index contributed by atoms with van der Waals surface area (Å²) in [5, 5.41) is 14.2. The molecule has 1 radical (unpaired) electrons. The van der Waals surface area contributed by atoms with Gasteiger partial charge in [0.05, 0.1) is 19.3 Å². The van der Waals surface area contributed by atoms with E-state index < -0.39 is 8.07 Å². The fraction of sp³-hybridized carbons (Fsp3) is 0.361. The Labute approximate surface area is 276 Å². The van der Waals surface area contributed by atoms with Crippen LogP contribution in [0.25, 0.3) is 42.3 Å². The monoisotopic (exact) mass is 789 g/mol. The first-order valence-electron chi connectivity index (χ1n) is 15.6. The van der Waals surface area contributed by atoms with E-state index in [1.54, 1.807) is 17.7 Å². The first-order valence-corrected chi connectivity index (χ1v) is 19.4. The fourth-order valence-corrected chi connectivity index (χ4v) is 7.65. The standard InChI is InChI=1S/C23H19N2SSi.C13H24O2.Ir/c1-27(2,3)18-10-11-19-20(13-18)26-23-21(24-14-25-22(19)23)17-9-8-15-6-4-5-7-16(15)12-17;1-5-10(6-2)12(14)9-13(15)11(7-3)8-4;/h4-11,13-14H,1-3H3;9-11,14H,5-8H2,1-4H3;/q-1;;/b;12-9-;/i8D;;. The number of carbonyl (C=O) groups excluding carboxylic acids is 1. The second-order valence-corrected chi connectivity index (χ2v) is 18.0. The zero-order chi connectivity index (χ0) is 31.3. The van der Waals surface area contributed by atoms with Crippen LogP contribution in [-0.2, 0) is 24.9 Å². The van der Waals surface area contributed by atoms with Gasteiger partial charge in [-0.25, -0.2) is 4.98 Å². The van der Waals surface area contributed by atoms with Gasteiger partial charge in [0.2, 0.25) is 0 Å². The number of hydrogen-bond acceptors (Lipinski definition) is 5. The summed E-state index contributed by atoms with van der Waals surface area (Å²) in [6.45, 7) is 15.2. The predicted molar refractivity (Wildman–Crippen MR) is 184 cm³/mol. The van der Waals surface area contributed by atoms with Crippen molar-refractivity contribution in [3.05, 3.63) is 78.8 Å². The Morgan fingerprint density at radius 2 is 1.67 bits per heavy atom. The van der Waals surface area contributed by atoms with E-state index in [0.717, 1.165) is 57.9 Å². The van der Waals surface area contributed by atoms with Crippen LogP contribution in [0, 0.1) is 17.9 Å². The average molecular weight is 789 g/mol. The molecule has 3 aromatic carbocycles. The summed E-state index contributed by atoms with van der Waals surface area (Å²) in [7, 11) is -1.38. The fourth-order valence-electron chi connectivity index (χ4n) is 5.19. The number of rotatable bonds is 9. The Kier molecular flexibility index (Phi) is 11.8. The van der Waals surface area contributed by atoms with Gasteiger partial charge < -0.3 is 5.11 Å². The minimum atomic E-state index is -1.38. The molecule has 0 saturated carbocycles. The number of fused-ring (bicyclic) bond motifs is 4. The maximum atomic E-state index is 11.7. The summed E-state index contributed by atoms with van der Waals surface area (Å²) in [5.74, 6) is 0.547. The number of hydrogen-bond donors (Lipinski definition) is 1. The third kappa shape index (κ3) is 8.07. The first kappa shape index (κ1) is 33.2. The van der Waals surface area contributed by atoms with E-state index in [4.69, 9.17) is 1.37 Å². The molecule has 4 nitrogen and oxygen atoms in total. The van der Waals surface area contributed by atoms with Crippen molar-refractivity contribution in [2.45, 2.75) is 73.0 Å². The van der Waals surface area contributed by atoms with Gasteiger partial charge in [-0.15, -0.1) is 41.0 Å². The topological polar surface area (TPSA) is 63.1 Å². The average Bonchev–Trinajstić information content (AvgIpc) is 3.36. The molecule has 0 spiro atoms. The third-order valence-electron chi connectivity index (χ3n) is 8.02. The van der Waals surface area contributed by atoms with E-state index in [1.165, 1.54) is 21.3 Å². The van der Waals surface area contributed by atoms with Crippen molar-refractivity contribution >= 4 is 61.5 Å². The Morgan fingerprint density at radius 1 is 1.00 bits per heavy atom. The van der Waals surface area contributed by atoms with Gasteiger partial charge in [-0.2, -0.15) is 0 Å². The summed E-state index contributed by atoms with van der Waals surface area (Å²) in [6, 6.07) is 20.5. The molecule has 2 aromatic heterocycles. The van der Waals surface area contributed by atoms with Gasteiger partial charge in [-0.3, -0.25) is 9.78 Å². The Morgan fingerprint density at radius 3 is 2.33 bits per heavy atom. The van der Waals surface area contributed by atoms with Crippen LogP contribution >= 0.6 is 11.3 Å². The summed E-state index contributed by atoms with van der Waals surface area (Å²) in [6.07, 6.45) is 6.53. The molecule has 0 amide bonds. The zero-order valence-electron chi connectivity index (χ0n) is 27.2. The maximum Gasteiger partial charge on any atom is 0.162 e. The second-order valence-electron chi connectivity index (χ2n) is 11.8. The molecular formula is C36H43IrN2O2SSi-. The molecule has 5 aromatic rings. The van der Waals surface area contributed by atoms with Crippen LogP contribution in [0.2, 0.25) is 19.6 Å². The minimum Gasteiger partial charge on any atom is -0.512 e. The van der Waals surface area contributed by atoms with Gasteiger partial charge >= 0.3 is 0 Å². The number of carbonyl (C=O) groups is 1. The smallest absolute Gasteiger partial charge is 0.162 e. The normalized spacial score (nSPS) is 12.4. The Balaban J connectivity index is 0.000000286. The van der Waals surface area contributed by atoms with E-state index in [0.29, 0.717) is 6.04 Å². The Hall–Kier alpha value is -2.70.